The molecule has 0 saturated carbocycles. The number of nitrogens with zero attached hydrogens (tertiary/aromatic N) is 2. The number of hydrogen-bond donors (Lipinski definition) is 1. The van der Waals surface area contributed by atoms with Crippen molar-refractivity contribution in [2.45, 2.75) is 31.3 Å². The number of methoxy groups -OCH3 is 1. The molecule has 0 aliphatic heterocycles. The van der Waals surface area contributed by atoms with Crippen LogP contribution >= 0.6 is 18.2 Å². The zero-order valence-electron chi connectivity index (χ0n) is 16.8. The van der Waals surface area contributed by atoms with Gasteiger partial charge in [-0.1, -0.05) is 6.92 Å². The molecule has 0 heterocycles. The van der Waals surface area contributed by atoms with E-state index in [9.17, 15) is 18.0 Å². The molecule has 3 amide bonds. The van der Waals surface area contributed by atoms with Crippen molar-refractivity contribution < 1.29 is 27.3 Å². The molecule has 1 aromatic rings. The monoisotopic (exact) mass is 485 g/mol. The van der Waals surface area contributed by atoms with Gasteiger partial charge < -0.3 is 9.26 Å². The predicted molar refractivity (Wildman–Crippen MR) is 115 cm³/mol. The summed E-state index contributed by atoms with van der Waals surface area (Å²) < 4.78 is 39.9. The first kappa shape index (κ1) is 25.6. The number of halogens is 1. The summed E-state index contributed by atoms with van der Waals surface area (Å²) in [6.45, 7) is 0.161. The minimum absolute atomic E-state index is 0.138. The molecular formula is C16H25ClN3O6PS2. The number of ether oxygens (including phenoxy) is 1. The van der Waals surface area contributed by atoms with Gasteiger partial charge in [0.2, 0.25) is 5.91 Å². The lowest BCUT2D eigenvalue weighted by Gasteiger charge is -2.38. The first-order valence-corrected chi connectivity index (χ1v) is 13.1. The molecular weight excluding hydrogens is 461 g/mol. The highest BCUT2D eigenvalue weighted by Crippen LogP contribution is 2.54. The second-order valence-electron chi connectivity index (χ2n) is 5.98. The molecule has 9 nitrogen and oxygen atoms in total. The Kier molecular flexibility index (Phi) is 9.36. The fourth-order valence-corrected chi connectivity index (χ4v) is 6.17. The summed E-state index contributed by atoms with van der Waals surface area (Å²) in [6.07, 6.45) is 0.195. The van der Waals surface area contributed by atoms with E-state index in [1.807, 2.05) is 11.6 Å². The van der Waals surface area contributed by atoms with Crippen LogP contribution in [0.1, 0.15) is 20.3 Å². The van der Waals surface area contributed by atoms with Gasteiger partial charge in [-0.05, 0) is 49.4 Å². The van der Waals surface area contributed by atoms with Crippen molar-refractivity contribution in [1.82, 2.24) is 14.1 Å². The summed E-state index contributed by atoms with van der Waals surface area (Å²) in [6, 6.07) is 4.46. The van der Waals surface area contributed by atoms with Crippen LogP contribution < -0.4 is 9.46 Å². The molecule has 29 heavy (non-hydrogen) atoms. The molecule has 1 rings (SSSR count). The predicted octanol–water partition coefficient (Wildman–Crippen LogP) is 2.76. The first-order chi connectivity index (χ1) is 13.4. The number of carbonyl (C=O) groups excluding carboxylic acids is 2. The lowest BCUT2D eigenvalue weighted by atomic mass is 10.3. The number of benzene rings is 1. The molecule has 0 radical (unpaired) electrons. The van der Waals surface area contributed by atoms with Crippen LogP contribution in [-0.4, -0.2) is 62.9 Å². The molecule has 0 spiro atoms. The van der Waals surface area contributed by atoms with Gasteiger partial charge in [-0.25, -0.2) is 17.9 Å². The summed E-state index contributed by atoms with van der Waals surface area (Å²) in [7, 11) is -0.0897. The molecule has 13 heteroatoms. The third-order valence-electron chi connectivity index (χ3n) is 4.01. The third-order valence-corrected chi connectivity index (χ3v) is 9.86. The summed E-state index contributed by atoms with van der Waals surface area (Å²) in [5.41, 5.74) is 0. The van der Waals surface area contributed by atoms with Gasteiger partial charge in [0.05, 0.1) is 18.1 Å². The van der Waals surface area contributed by atoms with Crippen molar-refractivity contribution in [3.63, 3.8) is 0 Å². The Balaban J connectivity index is 3.17. The Morgan fingerprint density at radius 1 is 1.24 bits per heavy atom. The van der Waals surface area contributed by atoms with Crippen LogP contribution in [0.3, 0.4) is 0 Å². The Morgan fingerprint density at radius 3 is 2.24 bits per heavy atom. The molecule has 0 aromatic heterocycles. The number of sulfonamides is 1. The molecule has 0 bridgehead atoms. The number of hydrogen-bond acceptors (Lipinski definition) is 7. The fourth-order valence-electron chi connectivity index (χ4n) is 1.99. The van der Waals surface area contributed by atoms with Crippen molar-refractivity contribution in [2.24, 2.45) is 0 Å². The van der Waals surface area contributed by atoms with Crippen molar-refractivity contribution >= 4 is 51.9 Å². The molecule has 1 N–H and O–H groups in total. The van der Waals surface area contributed by atoms with Gasteiger partial charge in [0.1, 0.15) is 11.6 Å². The van der Waals surface area contributed by atoms with Crippen molar-refractivity contribution in [3.8, 4) is 5.75 Å². The Hall–Kier alpha value is -1.39. The van der Waals surface area contributed by atoms with E-state index in [1.165, 1.54) is 45.5 Å². The van der Waals surface area contributed by atoms with E-state index in [1.54, 1.807) is 6.92 Å². The van der Waals surface area contributed by atoms with Crippen LogP contribution in [0.25, 0.3) is 0 Å². The van der Waals surface area contributed by atoms with Gasteiger partial charge >= 0.3 is 6.03 Å². The average molecular weight is 486 g/mol. The Labute approximate surface area is 181 Å². The summed E-state index contributed by atoms with van der Waals surface area (Å²) in [4.78, 5) is 24.7. The second kappa shape index (κ2) is 10.6. The maximum atomic E-state index is 12.7. The summed E-state index contributed by atoms with van der Waals surface area (Å²) in [5, 5.41) is 0. The van der Waals surface area contributed by atoms with Crippen LogP contribution in [-0.2, 0) is 31.1 Å². The molecule has 164 valence electrons. The quantitative estimate of drug-likeness (QED) is 0.423. The van der Waals surface area contributed by atoms with Gasteiger partial charge in [0.15, 0.2) is 0 Å². The highest BCUT2D eigenvalue weighted by molar-refractivity contribution is 8.10. The van der Waals surface area contributed by atoms with Crippen LogP contribution in [0.2, 0.25) is 0 Å². The minimum Gasteiger partial charge on any atom is -0.497 e. The third kappa shape index (κ3) is 6.29. The van der Waals surface area contributed by atoms with Crippen LogP contribution in [0.15, 0.2) is 29.2 Å². The molecule has 0 aliphatic carbocycles. The smallest absolute Gasteiger partial charge is 0.337 e. The Morgan fingerprint density at radius 2 is 1.79 bits per heavy atom. The van der Waals surface area contributed by atoms with E-state index in [0.717, 1.165) is 9.34 Å². The maximum Gasteiger partial charge on any atom is 0.337 e. The summed E-state index contributed by atoms with van der Waals surface area (Å²) >= 11 is 11.2. The highest BCUT2D eigenvalue weighted by atomic mass is 35.5. The molecule has 0 fully saturated rings. The minimum atomic E-state index is -4.19. The van der Waals surface area contributed by atoms with E-state index >= 15 is 0 Å². The zero-order valence-corrected chi connectivity index (χ0v) is 20.1. The fraction of sp³-hybridized carbons (Fsp3) is 0.500. The van der Waals surface area contributed by atoms with Gasteiger partial charge in [-0.2, -0.15) is 0 Å². The molecule has 2 atom stereocenters. The van der Waals surface area contributed by atoms with Crippen molar-refractivity contribution in [3.05, 3.63) is 24.3 Å². The van der Waals surface area contributed by atoms with Gasteiger partial charge in [-0.3, -0.25) is 14.1 Å². The number of rotatable bonds is 9. The van der Waals surface area contributed by atoms with Gasteiger partial charge in [0, 0.05) is 14.1 Å². The SMILES string of the molecule is CCC(C)OP(=S)(N(C)C(=O)CCl)N(C)C(=O)NS(=O)(=O)c1ccc(OC)cc1. The van der Waals surface area contributed by atoms with E-state index < -0.39 is 28.5 Å². The van der Waals surface area contributed by atoms with E-state index in [4.69, 9.17) is 32.7 Å². The van der Waals surface area contributed by atoms with E-state index in [0.29, 0.717) is 12.2 Å². The van der Waals surface area contributed by atoms with E-state index in [-0.39, 0.29) is 16.9 Å². The number of urea groups is 1. The van der Waals surface area contributed by atoms with E-state index in [2.05, 4.69) is 0 Å². The largest absolute Gasteiger partial charge is 0.497 e. The molecule has 1 aromatic carbocycles. The van der Waals surface area contributed by atoms with Crippen LogP contribution in [0.5, 0.6) is 5.75 Å². The molecule has 0 saturated heterocycles. The lowest BCUT2D eigenvalue weighted by molar-refractivity contribution is -0.123. The number of alkyl halides is 1. The normalized spacial score (nSPS) is 14.4. The highest BCUT2D eigenvalue weighted by Gasteiger charge is 2.38. The average Bonchev–Trinajstić information content (AvgIpc) is 2.71. The standard InChI is InChI=1S/C16H25ClN3O6PS2/c1-6-12(2)26-27(28,19(3)15(21)11-17)20(4)16(22)18-29(23,24)14-9-7-13(25-5)8-10-14/h7-10,12H,6,11H2,1-5H3,(H,18,22). The molecule has 0 aliphatic rings. The van der Waals surface area contributed by atoms with Crippen molar-refractivity contribution in [1.29, 1.82) is 0 Å². The van der Waals surface area contributed by atoms with Gasteiger partial charge in [0.25, 0.3) is 16.6 Å². The summed E-state index contributed by atoms with van der Waals surface area (Å²) in [5.74, 6) is -0.444. The van der Waals surface area contributed by atoms with Crippen molar-refractivity contribution in [2.75, 3.05) is 27.1 Å². The topological polar surface area (TPSA) is 105 Å². The number of nitrogens with one attached hydrogen (secondary N) is 1. The zero-order chi connectivity index (χ0) is 22.4. The van der Waals surface area contributed by atoms with Gasteiger partial charge in [-0.15, -0.1) is 11.6 Å². The lowest BCUT2D eigenvalue weighted by Crippen LogP contribution is -2.43. The molecule has 2 unspecified atom stereocenters. The number of carbonyl (C=O) groups is 2. The Bertz CT molecular complexity index is 881. The van der Waals surface area contributed by atoms with Crippen LogP contribution in [0.4, 0.5) is 4.79 Å². The van der Waals surface area contributed by atoms with Crippen LogP contribution in [0, 0.1) is 0 Å². The maximum absolute atomic E-state index is 12.7. The second-order valence-corrected chi connectivity index (χ2v) is 11.7. The first-order valence-electron chi connectivity index (χ1n) is 8.49. The number of amides is 3.